The van der Waals surface area contributed by atoms with Crippen LogP contribution < -0.4 is 0 Å². The van der Waals surface area contributed by atoms with E-state index in [1.807, 2.05) is 12.1 Å². The van der Waals surface area contributed by atoms with E-state index in [0.29, 0.717) is 17.6 Å². The number of fused-ring (bicyclic) bond motifs is 1. The monoisotopic (exact) mass is 279 g/mol. The van der Waals surface area contributed by atoms with Crippen LogP contribution in [0.4, 0.5) is 4.79 Å². The molecule has 0 N–H and O–H groups in total. The van der Waals surface area contributed by atoms with Gasteiger partial charge < -0.3 is 9.16 Å². The number of carbonyl (C=O) groups is 1. The highest BCUT2D eigenvalue weighted by Gasteiger charge is 2.15. The molecule has 0 saturated carbocycles. The largest absolute Gasteiger partial charge is 0.445 e. The summed E-state index contributed by atoms with van der Waals surface area (Å²) in [4.78, 5) is 11.8. The van der Waals surface area contributed by atoms with E-state index in [-0.39, 0.29) is 6.61 Å². The molecule has 102 valence electrons. The molecule has 0 unspecified atom stereocenters. The Morgan fingerprint density at radius 3 is 2.74 bits per heavy atom. The minimum atomic E-state index is -1.57. The molecule has 2 aromatic rings. The molecule has 19 heavy (non-hydrogen) atoms. The SMILES string of the molecule is C[Si](C)(C)OCCOC(=O)n1nnc2ccccc21. The molecule has 0 aliphatic rings. The van der Waals surface area contributed by atoms with Gasteiger partial charge in [0.05, 0.1) is 6.61 Å². The predicted molar refractivity (Wildman–Crippen MR) is 73.6 cm³/mol. The first-order valence-electron chi connectivity index (χ1n) is 6.09. The third-order valence-corrected chi connectivity index (χ3v) is 3.44. The summed E-state index contributed by atoms with van der Waals surface area (Å²) in [6.45, 7) is 6.88. The minimum Gasteiger partial charge on any atom is -0.445 e. The Balaban J connectivity index is 1.93. The van der Waals surface area contributed by atoms with Gasteiger partial charge in [-0.2, -0.15) is 0 Å². The number of para-hydroxylation sites is 1. The van der Waals surface area contributed by atoms with Crippen molar-refractivity contribution in [3.05, 3.63) is 24.3 Å². The fourth-order valence-corrected chi connectivity index (χ4v) is 2.24. The van der Waals surface area contributed by atoms with Gasteiger partial charge in [-0.15, -0.1) is 9.78 Å². The highest BCUT2D eigenvalue weighted by Crippen LogP contribution is 2.10. The van der Waals surface area contributed by atoms with E-state index < -0.39 is 14.4 Å². The molecular weight excluding hydrogens is 262 g/mol. The molecule has 0 saturated heterocycles. The Bertz CT molecular complexity index is 577. The Labute approximate surface area is 112 Å². The van der Waals surface area contributed by atoms with Crippen LogP contribution in [0.1, 0.15) is 0 Å². The summed E-state index contributed by atoms with van der Waals surface area (Å²) >= 11 is 0. The molecule has 0 spiro atoms. The molecule has 0 amide bonds. The van der Waals surface area contributed by atoms with Crippen LogP contribution in [-0.4, -0.2) is 42.6 Å². The van der Waals surface area contributed by atoms with Gasteiger partial charge in [0.2, 0.25) is 0 Å². The highest BCUT2D eigenvalue weighted by atomic mass is 28.4. The van der Waals surface area contributed by atoms with Gasteiger partial charge in [-0.1, -0.05) is 17.3 Å². The van der Waals surface area contributed by atoms with Crippen LogP contribution >= 0.6 is 0 Å². The van der Waals surface area contributed by atoms with Gasteiger partial charge in [0.15, 0.2) is 8.32 Å². The first-order valence-corrected chi connectivity index (χ1v) is 9.50. The lowest BCUT2D eigenvalue weighted by molar-refractivity contribution is 0.122. The van der Waals surface area contributed by atoms with Crippen molar-refractivity contribution in [1.29, 1.82) is 0 Å². The third kappa shape index (κ3) is 3.61. The average molecular weight is 279 g/mol. The lowest BCUT2D eigenvalue weighted by atomic mass is 10.3. The summed E-state index contributed by atoms with van der Waals surface area (Å²) in [6.07, 6.45) is -0.534. The van der Waals surface area contributed by atoms with Crippen LogP contribution in [0.25, 0.3) is 11.0 Å². The van der Waals surface area contributed by atoms with E-state index in [0.717, 1.165) is 4.68 Å². The smallest absolute Gasteiger partial charge is 0.436 e. The molecular formula is C12H17N3O3Si. The van der Waals surface area contributed by atoms with Crippen molar-refractivity contribution in [3.8, 4) is 0 Å². The van der Waals surface area contributed by atoms with E-state index in [1.54, 1.807) is 12.1 Å². The van der Waals surface area contributed by atoms with Crippen molar-refractivity contribution in [2.24, 2.45) is 0 Å². The number of carbonyl (C=O) groups excluding carboxylic acids is 1. The maximum Gasteiger partial charge on any atom is 0.436 e. The molecule has 1 heterocycles. The Kier molecular flexibility index (Phi) is 3.96. The topological polar surface area (TPSA) is 66.2 Å². The summed E-state index contributed by atoms with van der Waals surface area (Å²) in [5.74, 6) is 0. The van der Waals surface area contributed by atoms with Crippen LogP contribution in [0.2, 0.25) is 19.6 Å². The molecule has 0 aliphatic carbocycles. The number of hydrogen-bond acceptors (Lipinski definition) is 5. The van der Waals surface area contributed by atoms with Gasteiger partial charge in [0.1, 0.15) is 17.6 Å². The van der Waals surface area contributed by atoms with Crippen molar-refractivity contribution in [2.75, 3.05) is 13.2 Å². The van der Waals surface area contributed by atoms with Gasteiger partial charge in [-0.25, -0.2) is 4.79 Å². The van der Waals surface area contributed by atoms with Crippen LogP contribution in [0, 0.1) is 0 Å². The Hall–Kier alpha value is -1.73. The molecule has 1 aromatic carbocycles. The minimum absolute atomic E-state index is 0.220. The number of benzene rings is 1. The maximum absolute atomic E-state index is 11.8. The van der Waals surface area contributed by atoms with Crippen molar-refractivity contribution in [1.82, 2.24) is 15.0 Å². The first kappa shape index (κ1) is 13.7. The van der Waals surface area contributed by atoms with Gasteiger partial charge in [-0.05, 0) is 31.8 Å². The second kappa shape index (κ2) is 5.50. The summed E-state index contributed by atoms with van der Waals surface area (Å²) in [5.41, 5.74) is 1.30. The van der Waals surface area contributed by atoms with Crippen molar-refractivity contribution >= 4 is 25.4 Å². The normalized spacial score (nSPS) is 11.7. The van der Waals surface area contributed by atoms with Crippen LogP contribution in [0.15, 0.2) is 24.3 Å². The molecule has 6 nitrogen and oxygen atoms in total. The molecule has 0 fully saturated rings. The molecule has 0 bridgehead atoms. The molecule has 0 atom stereocenters. The van der Waals surface area contributed by atoms with E-state index in [4.69, 9.17) is 9.16 Å². The number of hydrogen-bond donors (Lipinski definition) is 0. The van der Waals surface area contributed by atoms with Crippen molar-refractivity contribution < 1.29 is 14.0 Å². The highest BCUT2D eigenvalue weighted by molar-refractivity contribution is 6.69. The summed E-state index contributed by atoms with van der Waals surface area (Å²) < 4.78 is 11.9. The van der Waals surface area contributed by atoms with Crippen molar-refractivity contribution in [3.63, 3.8) is 0 Å². The first-order chi connectivity index (χ1) is 8.97. The van der Waals surface area contributed by atoms with Crippen molar-refractivity contribution in [2.45, 2.75) is 19.6 Å². The number of rotatable bonds is 4. The van der Waals surface area contributed by atoms with Crippen LogP contribution in [-0.2, 0) is 9.16 Å². The van der Waals surface area contributed by atoms with E-state index >= 15 is 0 Å². The predicted octanol–water partition coefficient (Wildman–Crippen LogP) is 2.27. The zero-order valence-electron chi connectivity index (χ0n) is 11.3. The zero-order chi connectivity index (χ0) is 13.9. The van der Waals surface area contributed by atoms with Gasteiger partial charge in [0.25, 0.3) is 0 Å². The fraction of sp³-hybridized carbons (Fsp3) is 0.417. The van der Waals surface area contributed by atoms with Crippen LogP contribution in [0.3, 0.4) is 0 Å². The molecule has 2 rings (SSSR count). The fourth-order valence-electron chi connectivity index (χ4n) is 1.54. The van der Waals surface area contributed by atoms with E-state index in [2.05, 4.69) is 30.0 Å². The number of ether oxygens (including phenoxy) is 1. The molecule has 0 radical (unpaired) electrons. The van der Waals surface area contributed by atoms with Gasteiger partial charge in [-0.3, -0.25) is 0 Å². The Morgan fingerprint density at radius 2 is 2.00 bits per heavy atom. The molecule has 7 heteroatoms. The lowest BCUT2D eigenvalue weighted by Crippen LogP contribution is -2.28. The zero-order valence-corrected chi connectivity index (χ0v) is 12.3. The Morgan fingerprint density at radius 1 is 1.26 bits per heavy atom. The molecule has 0 aliphatic heterocycles. The van der Waals surface area contributed by atoms with E-state index in [9.17, 15) is 4.79 Å². The summed E-state index contributed by atoms with van der Waals surface area (Å²) in [5, 5.41) is 7.68. The lowest BCUT2D eigenvalue weighted by Gasteiger charge is -2.16. The standard InChI is InChI=1S/C12H17N3O3Si/c1-19(2,3)18-9-8-17-12(16)15-11-7-5-4-6-10(11)13-14-15/h4-7H,8-9H2,1-3H3. The third-order valence-electron chi connectivity index (χ3n) is 2.37. The molecule has 1 aromatic heterocycles. The summed E-state index contributed by atoms with van der Waals surface area (Å²) in [7, 11) is -1.57. The maximum atomic E-state index is 11.8. The average Bonchev–Trinajstić information content (AvgIpc) is 2.77. The number of aromatic nitrogens is 3. The van der Waals surface area contributed by atoms with Gasteiger partial charge >= 0.3 is 6.09 Å². The number of nitrogens with zero attached hydrogens (tertiary/aromatic N) is 3. The van der Waals surface area contributed by atoms with E-state index in [1.165, 1.54) is 0 Å². The second-order valence-corrected chi connectivity index (χ2v) is 9.58. The second-order valence-electron chi connectivity index (χ2n) is 5.07. The summed E-state index contributed by atoms with van der Waals surface area (Å²) in [6, 6.07) is 7.23. The quantitative estimate of drug-likeness (QED) is 0.634. The van der Waals surface area contributed by atoms with Gasteiger partial charge in [0, 0.05) is 0 Å². The van der Waals surface area contributed by atoms with Crippen LogP contribution in [0.5, 0.6) is 0 Å².